The Hall–Kier alpha value is -3.59. The van der Waals surface area contributed by atoms with E-state index in [9.17, 15) is 10.1 Å². The van der Waals surface area contributed by atoms with E-state index in [1.807, 2.05) is 31.2 Å². The Morgan fingerprint density at radius 2 is 2.08 bits per heavy atom. The van der Waals surface area contributed by atoms with Crippen LogP contribution in [0.15, 0.2) is 42.5 Å². The van der Waals surface area contributed by atoms with Crippen molar-refractivity contribution < 1.29 is 14.3 Å². The van der Waals surface area contributed by atoms with Crippen molar-refractivity contribution in [3.63, 3.8) is 0 Å². The molecule has 0 unspecified atom stereocenters. The summed E-state index contributed by atoms with van der Waals surface area (Å²) in [6, 6.07) is 14.9. The maximum atomic E-state index is 11.2. The van der Waals surface area contributed by atoms with Crippen LogP contribution in [0, 0.1) is 11.3 Å². The summed E-state index contributed by atoms with van der Waals surface area (Å²) in [5.41, 5.74) is 2.79. The molecule has 0 amide bonds. The van der Waals surface area contributed by atoms with E-state index >= 15 is 0 Å². The summed E-state index contributed by atoms with van der Waals surface area (Å²) in [5.74, 6) is 0.863. The molecular formula is C20H17N3O3. The third kappa shape index (κ3) is 3.73. The van der Waals surface area contributed by atoms with E-state index in [1.54, 1.807) is 24.3 Å². The van der Waals surface area contributed by atoms with Gasteiger partial charge in [-0.1, -0.05) is 18.2 Å². The van der Waals surface area contributed by atoms with Crippen LogP contribution in [0.4, 0.5) is 0 Å². The van der Waals surface area contributed by atoms with E-state index in [0.29, 0.717) is 29.5 Å². The topological polar surface area (TPSA) is 88.0 Å². The molecule has 0 saturated carbocycles. The molecule has 1 heterocycles. The van der Waals surface area contributed by atoms with Gasteiger partial charge in [-0.3, -0.25) is 4.79 Å². The lowest BCUT2D eigenvalue weighted by Crippen LogP contribution is -2.04. The molecule has 6 nitrogen and oxygen atoms in total. The number of nitrogens with one attached hydrogen (secondary N) is 1. The van der Waals surface area contributed by atoms with Gasteiger partial charge in [0, 0.05) is 6.92 Å². The van der Waals surface area contributed by atoms with Gasteiger partial charge in [0.25, 0.3) is 0 Å². The molecule has 0 atom stereocenters. The van der Waals surface area contributed by atoms with Crippen LogP contribution in [0.25, 0.3) is 22.7 Å². The highest BCUT2D eigenvalue weighted by atomic mass is 16.6. The number of hydrogen-bond acceptors (Lipinski definition) is 5. The molecule has 2 aromatic carbocycles. The number of imidazole rings is 1. The van der Waals surface area contributed by atoms with Crippen molar-refractivity contribution >= 4 is 28.7 Å². The number of esters is 1. The number of H-pyrrole nitrogens is 1. The SMILES string of the molecule is CCOc1cc(/C=C(/C#N)c2nc3ccccc3[nH]2)ccc1OC(C)=O. The van der Waals surface area contributed by atoms with Gasteiger partial charge in [0.05, 0.1) is 23.2 Å². The van der Waals surface area contributed by atoms with Crippen LogP contribution in [-0.2, 0) is 4.79 Å². The van der Waals surface area contributed by atoms with Gasteiger partial charge in [-0.2, -0.15) is 5.26 Å². The summed E-state index contributed by atoms with van der Waals surface area (Å²) in [4.78, 5) is 18.8. The second kappa shape index (κ2) is 7.53. The first-order valence-electron chi connectivity index (χ1n) is 8.13. The Morgan fingerprint density at radius 1 is 1.27 bits per heavy atom. The number of benzene rings is 2. The molecule has 3 rings (SSSR count). The maximum absolute atomic E-state index is 11.2. The molecule has 0 saturated heterocycles. The highest BCUT2D eigenvalue weighted by molar-refractivity contribution is 5.90. The lowest BCUT2D eigenvalue weighted by molar-refractivity contribution is -0.132. The van der Waals surface area contributed by atoms with E-state index in [1.165, 1.54) is 6.92 Å². The van der Waals surface area contributed by atoms with Crippen LogP contribution in [0.5, 0.6) is 11.5 Å². The first-order valence-corrected chi connectivity index (χ1v) is 8.13. The Kier molecular flexibility index (Phi) is 4.99. The van der Waals surface area contributed by atoms with Crippen molar-refractivity contribution in [3.05, 3.63) is 53.9 Å². The Morgan fingerprint density at radius 3 is 2.77 bits per heavy atom. The van der Waals surface area contributed by atoms with Gasteiger partial charge in [0.1, 0.15) is 11.9 Å². The van der Waals surface area contributed by atoms with Crippen molar-refractivity contribution in [1.29, 1.82) is 5.26 Å². The number of nitriles is 1. The first-order chi connectivity index (χ1) is 12.6. The lowest BCUT2D eigenvalue weighted by Gasteiger charge is -2.10. The lowest BCUT2D eigenvalue weighted by atomic mass is 10.1. The monoisotopic (exact) mass is 347 g/mol. The van der Waals surface area contributed by atoms with E-state index in [-0.39, 0.29) is 0 Å². The van der Waals surface area contributed by atoms with Crippen LogP contribution in [-0.4, -0.2) is 22.5 Å². The number of carbonyl (C=O) groups is 1. The van der Waals surface area contributed by atoms with Crippen molar-refractivity contribution in [1.82, 2.24) is 9.97 Å². The zero-order valence-electron chi connectivity index (χ0n) is 14.4. The summed E-state index contributed by atoms with van der Waals surface area (Å²) in [7, 11) is 0. The van der Waals surface area contributed by atoms with E-state index < -0.39 is 5.97 Å². The molecule has 3 aromatic rings. The number of fused-ring (bicyclic) bond motifs is 1. The van der Waals surface area contributed by atoms with Crippen LogP contribution < -0.4 is 9.47 Å². The van der Waals surface area contributed by atoms with Gasteiger partial charge in [0.15, 0.2) is 11.5 Å². The minimum Gasteiger partial charge on any atom is -0.490 e. The zero-order chi connectivity index (χ0) is 18.5. The molecule has 0 radical (unpaired) electrons. The molecule has 1 N–H and O–H groups in total. The molecule has 0 fully saturated rings. The first kappa shape index (κ1) is 17.2. The molecule has 26 heavy (non-hydrogen) atoms. The largest absolute Gasteiger partial charge is 0.490 e. The Balaban J connectivity index is 1.99. The minimum absolute atomic E-state index is 0.346. The van der Waals surface area contributed by atoms with Gasteiger partial charge >= 0.3 is 5.97 Å². The predicted molar refractivity (Wildman–Crippen MR) is 98.5 cm³/mol. The average molecular weight is 347 g/mol. The summed E-state index contributed by atoms with van der Waals surface area (Å²) >= 11 is 0. The summed E-state index contributed by atoms with van der Waals surface area (Å²) in [5, 5.41) is 9.53. The fourth-order valence-corrected chi connectivity index (χ4v) is 2.52. The van der Waals surface area contributed by atoms with Gasteiger partial charge < -0.3 is 14.5 Å². The number of hydrogen-bond donors (Lipinski definition) is 1. The number of rotatable bonds is 5. The molecule has 1 aromatic heterocycles. The number of carbonyl (C=O) groups excluding carboxylic acids is 1. The van der Waals surface area contributed by atoms with E-state index in [0.717, 1.165) is 16.6 Å². The zero-order valence-corrected chi connectivity index (χ0v) is 14.4. The van der Waals surface area contributed by atoms with Gasteiger partial charge in [-0.25, -0.2) is 4.98 Å². The van der Waals surface area contributed by atoms with Crippen molar-refractivity contribution in [2.45, 2.75) is 13.8 Å². The summed E-state index contributed by atoms with van der Waals surface area (Å²) in [6.45, 7) is 3.60. The third-order valence-electron chi connectivity index (χ3n) is 3.60. The maximum Gasteiger partial charge on any atom is 0.308 e. The van der Waals surface area contributed by atoms with E-state index in [2.05, 4.69) is 16.0 Å². The van der Waals surface area contributed by atoms with Crippen molar-refractivity contribution in [3.8, 4) is 17.6 Å². The molecule has 0 aliphatic rings. The number of nitrogens with zero attached hydrogens (tertiary/aromatic N) is 2. The Labute approximate surface area is 150 Å². The van der Waals surface area contributed by atoms with E-state index in [4.69, 9.17) is 9.47 Å². The van der Waals surface area contributed by atoms with Gasteiger partial charge in [-0.15, -0.1) is 0 Å². The second-order valence-electron chi connectivity index (χ2n) is 5.51. The third-order valence-corrected chi connectivity index (χ3v) is 3.60. The smallest absolute Gasteiger partial charge is 0.308 e. The highest BCUT2D eigenvalue weighted by Gasteiger charge is 2.11. The normalized spacial score (nSPS) is 11.2. The molecule has 6 heteroatoms. The Bertz CT molecular complexity index is 995. The number of para-hydroxylation sites is 2. The van der Waals surface area contributed by atoms with Gasteiger partial charge in [-0.05, 0) is 42.8 Å². The standard InChI is InChI=1S/C20H17N3O3/c1-3-25-19-11-14(8-9-18(19)26-13(2)24)10-15(12-21)20-22-16-6-4-5-7-17(16)23-20/h4-11H,3H2,1-2H3,(H,22,23)/b15-10-. The molecular weight excluding hydrogens is 330 g/mol. The van der Waals surface area contributed by atoms with Gasteiger partial charge in [0.2, 0.25) is 0 Å². The molecule has 130 valence electrons. The number of aromatic nitrogens is 2. The average Bonchev–Trinajstić information content (AvgIpc) is 3.05. The number of ether oxygens (including phenoxy) is 2. The van der Waals surface area contributed by atoms with Crippen LogP contribution in [0.3, 0.4) is 0 Å². The summed E-state index contributed by atoms with van der Waals surface area (Å²) in [6.07, 6.45) is 1.71. The summed E-state index contributed by atoms with van der Waals surface area (Å²) < 4.78 is 10.7. The van der Waals surface area contributed by atoms with Crippen molar-refractivity contribution in [2.75, 3.05) is 6.61 Å². The number of aromatic amines is 1. The highest BCUT2D eigenvalue weighted by Crippen LogP contribution is 2.30. The molecule has 0 aliphatic carbocycles. The molecule has 0 bridgehead atoms. The second-order valence-corrected chi connectivity index (χ2v) is 5.51. The van der Waals surface area contributed by atoms with Crippen LogP contribution >= 0.6 is 0 Å². The fraction of sp³-hybridized carbons (Fsp3) is 0.150. The molecule has 0 aliphatic heterocycles. The van der Waals surface area contributed by atoms with Crippen LogP contribution in [0.2, 0.25) is 0 Å². The number of allylic oxidation sites excluding steroid dienone is 1. The predicted octanol–water partition coefficient (Wildman–Crippen LogP) is 3.95. The minimum atomic E-state index is -0.422. The fourth-order valence-electron chi connectivity index (χ4n) is 2.52. The molecule has 0 spiro atoms. The van der Waals surface area contributed by atoms with Crippen LogP contribution in [0.1, 0.15) is 25.2 Å². The quantitative estimate of drug-likeness (QED) is 0.429. The van der Waals surface area contributed by atoms with Crippen molar-refractivity contribution in [2.24, 2.45) is 0 Å².